The Kier molecular flexibility index (Phi) is 6.87. The monoisotopic (exact) mass is 412 g/mol. The number of nitrogens with zero attached hydrogens (tertiary/aromatic N) is 1. The van der Waals surface area contributed by atoms with Crippen molar-refractivity contribution in [2.45, 2.75) is 52.7 Å². The average molecular weight is 413 g/mol. The fourth-order valence-corrected chi connectivity index (χ4v) is 3.84. The number of aryl methyl sites for hydroxylation is 2. The van der Waals surface area contributed by atoms with Crippen LogP contribution in [0.2, 0.25) is 0 Å². The van der Waals surface area contributed by atoms with E-state index in [2.05, 4.69) is 5.32 Å². The first-order chi connectivity index (χ1) is 14.2. The van der Waals surface area contributed by atoms with Crippen LogP contribution in [0.1, 0.15) is 48.2 Å². The first-order valence-electron chi connectivity index (χ1n) is 10.3. The number of hydrogen-bond acceptors (Lipinski definition) is 4. The van der Waals surface area contributed by atoms with Gasteiger partial charge in [-0.15, -0.1) is 0 Å². The number of rotatable bonds is 6. The molecule has 0 radical (unpaired) electrons. The van der Waals surface area contributed by atoms with Gasteiger partial charge in [0, 0.05) is 37.2 Å². The largest absolute Gasteiger partial charge is 0.372 e. The average Bonchev–Trinajstić information content (AvgIpc) is 2.67. The van der Waals surface area contributed by atoms with Gasteiger partial charge >= 0.3 is 0 Å². The molecule has 2 atom stereocenters. The molecule has 0 aliphatic carbocycles. The van der Waals surface area contributed by atoms with Crippen LogP contribution in [-0.4, -0.2) is 37.0 Å². The smallest absolute Gasteiger partial charge is 0.224 e. The summed E-state index contributed by atoms with van der Waals surface area (Å²) < 4.78 is 20.4. The summed E-state index contributed by atoms with van der Waals surface area (Å²) in [5, 5.41) is 2.69. The summed E-state index contributed by atoms with van der Waals surface area (Å²) in [6.07, 6.45) is 0.220. The van der Waals surface area contributed by atoms with E-state index < -0.39 is 0 Å². The van der Waals surface area contributed by atoms with Crippen molar-refractivity contribution in [2.24, 2.45) is 0 Å². The SMILES string of the molecule is Cc1ccc(C)c(C(=O)CCC(=O)Nc2ccc(N3CC(C)OC(C)C3)c(F)c2)c1. The summed E-state index contributed by atoms with van der Waals surface area (Å²) in [6.45, 7) is 8.98. The van der Waals surface area contributed by atoms with E-state index in [4.69, 9.17) is 4.74 Å². The number of anilines is 2. The molecule has 0 spiro atoms. The lowest BCUT2D eigenvalue weighted by atomic mass is 9.99. The number of ketones is 1. The minimum Gasteiger partial charge on any atom is -0.372 e. The minimum atomic E-state index is -0.388. The summed E-state index contributed by atoms with van der Waals surface area (Å²) in [6, 6.07) is 10.4. The third-order valence-electron chi connectivity index (χ3n) is 5.26. The number of halogens is 1. The fourth-order valence-electron chi connectivity index (χ4n) is 3.84. The van der Waals surface area contributed by atoms with E-state index >= 15 is 0 Å². The Balaban J connectivity index is 1.58. The number of nitrogens with one attached hydrogen (secondary N) is 1. The number of Topliss-reactive ketones (excluding diaryl/α,β-unsaturated/α-hetero) is 1. The number of benzene rings is 2. The second kappa shape index (κ2) is 9.39. The number of ether oxygens (including phenoxy) is 1. The van der Waals surface area contributed by atoms with Gasteiger partial charge in [-0.25, -0.2) is 4.39 Å². The molecule has 30 heavy (non-hydrogen) atoms. The minimum absolute atomic E-state index is 0.0297. The van der Waals surface area contributed by atoms with Crippen LogP contribution in [0.5, 0.6) is 0 Å². The van der Waals surface area contributed by atoms with Crippen molar-refractivity contribution in [3.63, 3.8) is 0 Å². The zero-order valence-electron chi connectivity index (χ0n) is 18.0. The van der Waals surface area contributed by atoms with Crippen molar-refractivity contribution in [2.75, 3.05) is 23.3 Å². The highest BCUT2D eigenvalue weighted by atomic mass is 19.1. The fraction of sp³-hybridized carbons (Fsp3) is 0.417. The topological polar surface area (TPSA) is 58.6 Å². The van der Waals surface area contributed by atoms with Crippen molar-refractivity contribution in [3.05, 3.63) is 58.9 Å². The Morgan fingerprint density at radius 1 is 1.07 bits per heavy atom. The first kappa shape index (κ1) is 22.0. The number of carbonyl (C=O) groups excluding carboxylic acids is 2. The number of carbonyl (C=O) groups is 2. The van der Waals surface area contributed by atoms with E-state index in [1.165, 1.54) is 6.07 Å². The predicted octanol–water partition coefficient (Wildman–Crippen LogP) is 4.66. The van der Waals surface area contributed by atoms with Crippen molar-refractivity contribution < 1.29 is 18.7 Å². The molecule has 1 heterocycles. The third-order valence-corrected chi connectivity index (χ3v) is 5.26. The molecule has 6 heteroatoms. The van der Waals surface area contributed by atoms with Gasteiger partial charge in [-0.1, -0.05) is 17.7 Å². The van der Waals surface area contributed by atoms with E-state index in [0.29, 0.717) is 30.0 Å². The number of amides is 1. The Bertz CT molecular complexity index is 934. The van der Waals surface area contributed by atoms with Gasteiger partial charge in [0.15, 0.2) is 5.78 Å². The highest BCUT2D eigenvalue weighted by Gasteiger charge is 2.24. The van der Waals surface area contributed by atoms with Gasteiger partial charge in [-0.05, 0) is 57.5 Å². The Hall–Kier alpha value is -2.73. The maximum absolute atomic E-state index is 14.7. The molecular formula is C24H29FN2O3. The standard InChI is InChI=1S/C24H29FN2O3/c1-15-5-6-16(2)20(11-15)23(28)9-10-24(29)26-19-7-8-22(21(25)12-19)27-13-17(3)30-18(4)14-27/h5-8,11-12,17-18H,9-10,13-14H2,1-4H3,(H,26,29). The van der Waals surface area contributed by atoms with Crippen molar-refractivity contribution >= 4 is 23.1 Å². The number of morpholine rings is 1. The van der Waals surface area contributed by atoms with E-state index in [1.807, 2.05) is 50.8 Å². The molecule has 3 rings (SSSR count). The van der Waals surface area contributed by atoms with Gasteiger partial charge in [-0.3, -0.25) is 9.59 Å². The Morgan fingerprint density at radius 2 is 1.77 bits per heavy atom. The van der Waals surface area contributed by atoms with Crippen LogP contribution in [0, 0.1) is 19.7 Å². The van der Waals surface area contributed by atoms with Crippen LogP contribution in [-0.2, 0) is 9.53 Å². The van der Waals surface area contributed by atoms with Gasteiger partial charge in [0.1, 0.15) is 5.82 Å². The zero-order valence-corrected chi connectivity index (χ0v) is 18.0. The molecule has 1 aliphatic rings. The summed E-state index contributed by atoms with van der Waals surface area (Å²) in [4.78, 5) is 26.7. The normalized spacial score (nSPS) is 18.9. The third kappa shape index (κ3) is 5.45. The molecule has 160 valence electrons. The second-order valence-electron chi connectivity index (χ2n) is 8.12. The molecule has 0 bridgehead atoms. The lowest BCUT2D eigenvalue weighted by Crippen LogP contribution is -2.45. The van der Waals surface area contributed by atoms with E-state index in [1.54, 1.807) is 12.1 Å². The van der Waals surface area contributed by atoms with Gasteiger partial charge in [0.05, 0.1) is 17.9 Å². The predicted molar refractivity (Wildman–Crippen MR) is 117 cm³/mol. The van der Waals surface area contributed by atoms with Crippen molar-refractivity contribution in [1.82, 2.24) is 0 Å². The maximum atomic E-state index is 14.7. The maximum Gasteiger partial charge on any atom is 0.224 e. The van der Waals surface area contributed by atoms with Crippen LogP contribution < -0.4 is 10.2 Å². The lowest BCUT2D eigenvalue weighted by molar-refractivity contribution is -0.116. The van der Waals surface area contributed by atoms with Gasteiger partial charge < -0.3 is 15.0 Å². The van der Waals surface area contributed by atoms with Crippen LogP contribution >= 0.6 is 0 Å². The van der Waals surface area contributed by atoms with E-state index in [9.17, 15) is 14.0 Å². The Labute approximate surface area is 177 Å². The zero-order chi connectivity index (χ0) is 21.8. The summed E-state index contributed by atoms with van der Waals surface area (Å²) >= 11 is 0. The Morgan fingerprint density at radius 3 is 2.43 bits per heavy atom. The first-order valence-corrected chi connectivity index (χ1v) is 10.3. The quantitative estimate of drug-likeness (QED) is 0.701. The molecule has 2 aromatic carbocycles. The molecule has 2 unspecified atom stereocenters. The van der Waals surface area contributed by atoms with Crippen LogP contribution in [0.3, 0.4) is 0 Å². The summed E-state index contributed by atoms with van der Waals surface area (Å²) in [7, 11) is 0. The highest BCUT2D eigenvalue weighted by Crippen LogP contribution is 2.26. The molecular weight excluding hydrogens is 383 g/mol. The molecule has 1 N–H and O–H groups in total. The van der Waals surface area contributed by atoms with Crippen LogP contribution in [0.4, 0.5) is 15.8 Å². The van der Waals surface area contributed by atoms with Crippen LogP contribution in [0.25, 0.3) is 0 Å². The van der Waals surface area contributed by atoms with E-state index in [0.717, 1.165) is 11.1 Å². The van der Waals surface area contributed by atoms with Gasteiger partial charge in [-0.2, -0.15) is 0 Å². The summed E-state index contributed by atoms with van der Waals surface area (Å²) in [5.41, 5.74) is 3.44. The van der Waals surface area contributed by atoms with Gasteiger partial charge in [0.2, 0.25) is 5.91 Å². The van der Waals surface area contributed by atoms with Crippen molar-refractivity contribution in [3.8, 4) is 0 Å². The number of hydrogen-bond donors (Lipinski definition) is 1. The second-order valence-corrected chi connectivity index (χ2v) is 8.12. The molecule has 1 saturated heterocycles. The molecule has 1 amide bonds. The molecule has 5 nitrogen and oxygen atoms in total. The molecule has 1 aliphatic heterocycles. The molecule has 0 saturated carbocycles. The molecule has 2 aromatic rings. The molecule has 1 fully saturated rings. The summed E-state index contributed by atoms with van der Waals surface area (Å²) in [5.74, 6) is -0.765. The van der Waals surface area contributed by atoms with Crippen molar-refractivity contribution in [1.29, 1.82) is 0 Å². The lowest BCUT2D eigenvalue weighted by Gasteiger charge is -2.37. The van der Waals surface area contributed by atoms with E-state index in [-0.39, 0.29) is 42.6 Å². The highest BCUT2D eigenvalue weighted by molar-refractivity contribution is 6.01. The van der Waals surface area contributed by atoms with Crippen LogP contribution in [0.15, 0.2) is 36.4 Å². The van der Waals surface area contributed by atoms with Gasteiger partial charge in [0.25, 0.3) is 0 Å². The molecule has 0 aromatic heterocycles.